The molecular weight excluding hydrogens is 190 g/mol. The predicted octanol–water partition coefficient (Wildman–Crippen LogP) is 1.39. The summed E-state index contributed by atoms with van der Waals surface area (Å²) in [5.41, 5.74) is 2.56. The third-order valence-electron chi connectivity index (χ3n) is 1.84. The first-order valence-electron chi connectivity index (χ1n) is 4.77. The summed E-state index contributed by atoms with van der Waals surface area (Å²) in [5, 5.41) is 0. The Morgan fingerprint density at radius 2 is 1.92 bits per heavy atom. The molecule has 0 aliphatic heterocycles. The second kappa shape index (κ2) is 8.47. The third kappa shape index (κ3) is 8.21. The molecule has 5 heteroatoms. The number of hydroxylamine groups is 1. The van der Waals surface area contributed by atoms with Gasteiger partial charge in [-0.25, -0.2) is 8.42 Å². The van der Waals surface area contributed by atoms with E-state index < -0.39 is 11.0 Å². The van der Waals surface area contributed by atoms with E-state index in [9.17, 15) is 8.42 Å². The highest BCUT2D eigenvalue weighted by atomic mass is 32.2. The first kappa shape index (κ1) is 12.9. The van der Waals surface area contributed by atoms with Gasteiger partial charge in [-0.3, -0.25) is 0 Å². The van der Waals surface area contributed by atoms with Crippen molar-refractivity contribution in [2.75, 3.05) is 0 Å². The molecule has 1 unspecified atom stereocenters. The molecule has 0 saturated carbocycles. The van der Waals surface area contributed by atoms with Crippen LogP contribution in [0.1, 0.15) is 46.0 Å². The van der Waals surface area contributed by atoms with Crippen molar-refractivity contribution >= 4 is 11.0 Å². The molecule has 0 aliphatic rings. The molecule has 0 rings (SSSR count). The fourth-order valence-corrected chi connectivity index (χ4v) is 1.41. The molecule has 0 aromatic rings. The molecule has 0 heterocycles. The Morgan fingerprint density at radius 1 is 1.23 bits per heavy atom. The average molecular weight is 209 g/mol. The summed E-state index contributed by atoms with van der Waals surface area (Å²) in [7, 11) is -2.77. The van der Waals surface area contributed by atoms with E-state index in [1.165, 1.54) is 0 Å². The minimum absolute atomic E-state index is 0.165. The molecule has 0 saturated heterocycles. The van der Waals surface area contributed by atoms with Gasteiger partial charge < -0.3 is 0 Å². The monoisotopic (exact) mass is 209 g/mol. The van der Waals surface area contributed by atoms with E-state index in [2.05, 4.69) is 23.6 Å². The molecule has 1 atom stereocenters. The van der Waals surface area contributed by atoms with Gasteiger partial charge >= 0.3 is 0 Å². The highest BCUT2D eigenvalue weighted by Gasteiger charge is 2.06. The molecule has 13 heavy (non-hydrogen) atoms. The first-order valence-corrected chi connectivity index (χ1v) is 5.87. The van der Waals surface area contributed by atoms with E-state index in [0.29, 0.717) is 0 Å². The van der Waals surface area contributed by atoms with Crippen molar-refractivity contribution in [3.8, 4) is 0 Å². The van der Waals surface area contributed by atoms with Gasteiger partial charge in [-0.15, -0.1) is 0 Å². The van der Waals surface area contributed by atoms with E-state index in [0.717, 1.165) is 32.1 Å². The van der Waals surface area contributed by atoms with Gasteiger partial charge in [-0.1, -0.05) is 33.1 Å². The molecule has 0 aromatic heterocycles. The van der Waals surface area contributed by atoms with Crippen LogP contribution in [0.4, 0.5) is 0 Å². The Hall–Kier alpha value is -0.130. The molecule has 0 radical (unpaired) electrons. The molecule has 0 fully saturated rings. The van der Waals surface area contributed by atoms with Crippen molar-refractivity contribution in [2.45, 2.75) is 52.0 Å². The first-order chi connectivity index (χ1) is 6.20. The molecule has 4 nitrogen and oxygen atoms in total. The molecular formula is C8H19NO3S. The zero-order chi connectivity index (χ0) is 10.1. The van der Waals surface area contributed by atoms with Crippen LogP contribution < -0.4 is 5.48 Å². The average Bonchev–Trinajstić information content (AvgIpc) is 2.09. The normalized spacial score (nSPS) is 13.5. The molecule has 1 N–H and O–H groups in total. The zero-order valence-electron chi connectivity index (χ0n) is 8.28. The van der Waals surface area contributed by atoms with Crippen molar-refractivity contribution < 1.29 is 12.7 Å². The Balaban J connectivity index is 3.65. The van der Waals surface area contributed by atoms with Crippen LogP contribution in [0.15, 0.2) is 0 Å². The Morgan fingerprint density at radius 3 is 2.38 bits per heavy atom. The number of rotatable bonds is 8. The van der Waals surface area contributed by atoms with Gasteiger partial charge in [0.05, 0.1) is 0 Å². The molecule has 0 aliphatic carbocycles. The van der Waals surface area contributed by atoms with E-state index in [1.807, 2.05) is 0 Å². The quantitative estimate of drug-likeness (QED) is 0.468. The molecule has 0 aromatic carbocycles. The topological polar surface area (TPSA) is 55.4 Å². The van der Waals surface area contributed by atoms with Gasteiger partial charge in [-0.2, -0.15) is 9.76 Å². The Labute approximate surface area is 81.8 Å². The number of hydrogen-bond acceptors (Lipinski definition) is 4. The highest BCUT2D eigenvalue weighted by Crippen LogP contribution is 2.06. The molecule has 0 spiro atoms. The van der Waals surface area contributed by atoms with Crippen LogP contribution in [0.3, 0.4) is 0 Å². The summed E-state index contributed by atoms with van der Waals surface area (Å²) >= 11 is 0. The van der Waals surface area contributed by atoms with E-state index >= 15 is 0 Å². The van der Waals surface area contributed by atoms with Gasteiger partial charge in [0, 0.05) is 6.04 Å². The van der Waals surface area contributed by atoms with Crippen LogP contribution in [0.2, 0.25) is 0 Å². The molecule has 0 amide bonds. The maximum Gasteiger partial charge on any atom is 0.273 e. The van der Waals surface area contributed by atoms with Crippen molar-refractivity contribution in [1.29, 1.82) is 0 Å². The minimum Gasteiger partial charge on any atom is -0.201 e. The summed E-state index contributed by atoms with van der Waals surface area (Å²) in [4.78, 5) is 0. The van der Waals surface area contributed by atoms with Gasteiger partial charge in [0.15, 0.2) is 0 Å². The van der Waals surface area contributed by atoms with Gasteiger partial charge in [0.1, 0.15) is 0 Å². The minimum atomic E-state index is -2.77. The van der Waals surface area contributed by atoms with Crippen LogP contribution in [0, 0.1) is 0 Å². The standard InChI is InChI=1S/C8H19NO3S/c1-3-5-7-8(6-4-2)9-12-13(10)11/h8-9,13H,3-7H2,1-2H3. The van der Waals surface area contributed by atoms with Crippen LogP contribution in [-0.2, 0) is 15.3 Å². The van der Waals surface area contributed by atoms with Crippen molar-refractivity contribution in [3.63, 3.8) is 0 Å². The van der Waals surface area contributed by atoms with E-state index in [-0.39, 0.29) is 6.04 Å². The summed E-state index contributed by atoms with van der Waals surface area (Å²) < 4.78 is 24.6. The number of thiol groups is 1. The molecule has 0 bridgehead atoms. The predicted molar refractivity (Wildman–Crippen MR) is 52.8 cm³/mol. The lowest BCUT2D eigenvalue weighted by molar-refractivity contribution is 0.158. The summed E-state index contributed by atoms with van der Waals surface area (Å²) in [6, 6.07) is 0.165. The fraction of sp³-hybridized carbons (Fsp3) is 1.00. The number of unbranched alkanes of at least 4 members (excludes halogenated alkanes) is 1. The molecule has 80 valence electrons. The Bertz CT molecular complexity index is 174. The zero-order valence-corrected chi connectivity index (χ0v) is 9.18. The van der Waals surface area contributed by atoms with Gasteiger partial charge in [-0.05, 0) is 12.8 Å². The van der Waals surface area contributed by atoms with Crippen LogP contribution >= 0.6 is 0 Å². The summed E-state index contributed by atoms with van der Waals surface area (Å²) in [6.45, 7) is 4.18. The van der Waals surface area contributed by atoms with Gasteiger partial charge in [0.2, 0.25) is 0 Å². The lowest BCUT2D eigenvalue weighted by Crippen LogP contribution is -2.28. The summed E-state index contributed by atoms with van der Waals surface area (Å²) in [5.74, 6) is 0. The lowest BCUT2D eigenvalue weighted by Gasteiger charge is -2.14. The SMILES string of the molecule is CCCCC(CCC)NO[SH](=O)=O. The van der Waals surface area contributed by atoms with Crippen molar-refractivity contribution in [1.82, 2.24) is 5.48 Å². The highest BCUT2D eigenvalue weighted by molar-refractivity contribution is 7.67. The van der Waals surface area contributed by atoms with Crippen molar-refractivity contribution in [2.24, 2.45) is 0 Å². The fourth-order valence-electron chi connectivity index (χ4n) is 1.18. The number of nitrogens with one attached hydrogen (secondary N) is 1. The van der Waals surface area contributed by atoms with E-state index in [4.69, 9.17) is 0 Å². The van der Waals surface area contributed by atoms with Gasteiger partial charge in [0.25, 0.3) is 11.0 Å². The maximum atomic E-state index is 10.1. The smallest absolute Gasteiger partial charge is 0.201 e. The van der Waals surface area contributed by atoms with E-state index in [1.54, 1.807) is 0 Å². The van der Waals surface area contributed by atoms with Crippen LogP contribution in [0.25, 0.3) is 0 Å². The maximum absolute atomic E-state index is 10.1. The lowest BCUT2D eigenvalue weighted by atomic mass is 10.1. The van der Waals surface area contributed by atoms with Crippen LogP contribution in [-0.4, -0.2) is 14.5 Å². The summed E-state index contributed by atoms with van der Waals surface area (Å²) in [6.07, 6.45) is 5.15. The second-order valence-corrected chi connectivity index (χ2v) is 3.69. The number of hydrogen-bond donors (Lipinski definition) is 2. The largest absolute Gasteiger partial charge is 0.273 e. The Kier molecular flexibility index (Phi) is 8.38. The van der Waals surface area contributed by atoms with Crippen LogP contribution in [0.5, 0.6) is 0 Å². The second-order valence-electron chi connectivity index (χ2n) is 3.06. The van der Waals surface area contributed by atoms with Crippen molar-refractivity contribution in [3.05, 3.63) is 0 Å². The third-order valence-corrected chi connectivity index (χ3v) is 2.09.